The summed E-state index contributed by atoms with van der Waals surface area (Å²) in [6.45, 7) is 4.26. The topological polar surface area (TPSA) is 84.9 Å². The van der Waals surface area contributed by atoms with Gasteiger partial charge in [-0.25, -0.2) is 8.42 Å². The quantitative estimate of drug-likeness (QED) is 0.692. The number of nitrogens with zero attached hydrogens (tertiary/aromatic N) is 1. The molecule has 2 aromatic rings. The minimum atomic E-state index is -3.69. The van der Waals surface area contributed by atoms with Crippen molar-refractivity contribution >= 4 is 21.6 Å². The van der Waals surface area contributed by atoms with Crippen molar-refractivity contribution in [2.24, 2.45) is 0 Å². The van der Waals surface area contributed by atoms with Crippen LogP contribution < -0.4 is 19.1 Å². The lowest BCUT2D eigenvalue weighted by Gasteiger charge is -2.28. The number of ether oxygens (including phenoxy) is 2. The fraction of sp³-hybridized carbons (Fsp3) is 0.350. The predicted molar refractivity (Wildman–Crippen MR) is 109 cm³/mol. The van der Waals surface area contributed by atoms with E-state index in [1.165, 1.54) is 7.11 Å². The van der Waals surface area contributed by atoms with Crippen LogP contribution in [0.5, 0.6) is 11.5 Å². The molecule has 8 heteroatoms. The Kier molecular flexibility index (Phi) is 7.28. The van der Waals surface area contributed by atoms with Crippen LogP contribution in [0.25, 0.3) is 0 Å². The summed E-state index contributed by atoms with van der Waals surface area (Å²) >= 11 is 0. The molecule has 1 amide bonds. The lowest BCUT2D eigenvalue weighted by atomic mass is 10.2. The van der Waals surface area contributed by atoms with Gasteiger partial charge in [-0.2, -0.15) is 0 Å². The van der Waals surface area contributed by atoms with Crippen molar-refractivity contribution in [2.75, 3.05) is 24.3 Å². The maximum Gasteiger partial charge on any atom is 0.243 e. The largest absolute Gasteiger partial charge is 0.497 e. The number of hydrogen-bond donors (Lipinski definition) is 1. The second-order valence-corrected chi connectivity index (χ2v) is 8.09. The standard InChI is InChI=1S/C20H26N2O5S/c1-5-27-19-11-6-8-16(12-19)14-21-20(23)15(2)22(28(4,24)25)17-9-7-10-18(13-17)26-3/h6-13,15H,5,14H2,1-4H3,(H,21,23)/t15-/m1/s1. The van der Waals surface area contributed by atoms with E-state index in [0.717, 1.165) is 21.9 Å². The molecule has 0 aliphatic carbocycles. The monoisotopic (exact) mass is 406 g/mol. The molecule has 0 aromatic heterocycles. The molecule has 0 fully saturated rings. The van der Waals surface area contributed by atoms with Gasteiger partial charge in [0.25, 0.3) is 0 Å². The number of rotatable bonds is 9. The summed E-state index contributed by atoms with van der Waals surface area (Å²) in [5.74, 6) is 0.818. The average Bonchev–Trinajstić information content (AvgIpc) is 2.66. The summed E-state index contributed by atoms with van der Waals surface area (Å²) < 4.78 is 36.4. The number of benzene rings is 2. The highest BCUT2D eigenvalue weighted by Gasteiger charge is 2.29. The van der Waals surface area contributed by atoms with E-state index in [-0.39, 0.29) is 6.54 Å². The molecule has 0 bridgehead atoms. The molecule has 0 unspecified atom stereocenters. The highest BCUT2D eigenvalue weighted by atomic mass is 32.2. The minimum absolute atomic E-state index is 0.264. The Balaban J connectivity index is 2.16. The van der Waals surface area contributed by atoms with E-state index in [4.69, 9.17) is 9.47 Å². The molecular weight excluding hydrogens is 380 g/mol. The van der Waals surface area contributed by atoms with Gasteiger partial charge < -0.3 is 14.8 Å². The summed E-state index contributed by atoms with van der Waals surface area (Å²) in [7, 11) is -2.19. The van der Waals surface area contributed by atoms with Gasteiger partial charge in [-0.3, -0.25) is 9.10 Å². The molecule has 2 aromatic carbocycles. The molecule has 28 heavy (non-hydrogen) atoms. The van der Waals surface area contributed by atoms with E-state index in [9.17, 15) is 13.2 Å². The van der Waals surface area contributed by atoms with Gasteiger partial charge >= 0.3 is 0 Å². The summed E-state index contributed by atoms with van der Waals surface area (Å²) in [4.78, 5) is 12.7. The number of amides is 1. The third-order valence-electron chi connectivity index (χ3n) is 4.07. The van der Waals surface area contributed by atoms with Crippen LogP contribution >= 0.6 is 0 Å². The fourth-order valence-electron chi connectivity index (χ4n) is 2.81. The molecule has 1 N–H and O–H groups in total. The van der Waals surface area contributed by atoms with Crippen LogP contribution in [0.4, 0.5) is 5.69 Å². The molecule has 0 saturated carbocycles. The maximum atomic E-state index is 12.7. The number of nitrogens with one attached hydrogen (secondary N) is 1. The van der Waals surface area contributed by atoms with Crippen molar-refractivity contribution in [2.45, 2.75) is 26.4 Å². The normalized spacial score (nSPS) is 12.1. The van der Waals surface area contributed by atoms with Crippen molar-refractivity contribution < 1.29 is 22.7 Å². The Morgan fingerprint density at radius 3 is 2.46 bits per heavy atom. The van der Waals surface area contributed by atoms with Crippen molar-refractivity contribution in [3.05, 3.63) is 54.1 Å². The first kappa shape index (κ1) is 21.6. The van der Waals surface area contributed by atoms with Crippen LogP contribution in [0.2, 0.25) is 0 Å². The summed E-state index contributed by atoms with van der Waals surface area (Å²) in [5.41, 5.74) is 1.22. The number of hydrogen-bond acceptors (Lipinski definition) is 5. The lowest BCUT2D eigenvalue weighted by molar-refractivity contribution is -0.122. The SMILES string of the molecule is CCOc1cccc(CNC(=O)[C@@H](C)N(c2cccc(OC)c2)S(C)(=O)=O)c1. The molecular formula is C20H26N2O5S. The second kappa shape index (κ2) is 9.45. The van der Waals surface area contributed by atoms with Gasteiger partial charge in [0.15, 0.2) is 0 Å². The molecule has 0 aliphatic heterocycles. The van der Waals surface area contributed by atoms with E-state index in [2.05, 4.69) is 5.32 Å². The lowest BCUT2D eigenvalue weighted by Crippen LogP contribution is -2.47. The van der Waals surface area contributed by atoms with Gasteiger partial charge in [-0.05, 0) is 43.7 Å². The molecule has 1 atom stereocenters. The highest BCUT2D eigenvalue weighted by Crippen LogP contribution is 2.25. The number of sulfonamides is 1. The molecule has 0 radical (unpaired) electrons. The number of methoxy groups -OCH3 is 1. The molecule has 7 nitrogen and oxygen atoms in total. The molecule has 0 spiro atoms. The van der Waals surface area contributed by atoms with Gasteiger partial charge in [-0.1, -0.05) is 18.2 Å². The van der Waals surface area contributed by atoms with Gasteiger partial charge in [0.2, 0.25) is 15.9 Å². The summed E-state index contributed by atoms with van der Waals surface area (Å²) in [5, 5.41) is 2.79. The van der Waals surface area contributed by atoms with Crippen molar-refractivity contribution in [3.63, 3.8) is 0 Å². The first-order valence-electron chi connectivity index (χ1n) is 8.89. The third kappa shape index (κ3) is 5.63. The van der Waals surface area contributed by atoms with Crippen LogP contribution in [-0.2, 0) is 21.4 Å². The van der Waals surface area contributed by atoms with E-state index in [0.29, 0.717) is 18.0 Å². The number of carbonyl (C=O) groups excluding carboxylic acids is 1. The highest BCUT2D eigenvalue weighted by molar-refractivity contribution is 7.92. The first-order valence-corrected chi connectivity index (χ1v) is 10.7. The molecule has 0 aliphatic rings. The van der Waals surface area contributed by atoms with Crippen LogP contribution in [0, 0.1) is 0 Å². The van der Waals surface area contributed by atoms with Crippen LogP contribution in [-0.4, -0.2) is 40.3 Å². The average molecular weight is 407 g/mol. The van der Waals surface area contributed by atoms with E-state index >= 15 is 0 Å². The fourth-order valence-corrected chi connectivity index (χ4v) is 3.97. The Morgan fingerprint density at radius 2 is 1.82 bits per heavy atom. The zero-order valence-corrected chi connectivity index (χ0v) is 17.3. The van der Waals surface area contributed by atoms with Crippen molar-refractivity contribution in [1.29, 1.82) is 0 Å². The Bertz CT molecular complexity index is 914. The van der Waals surface area contributed by atoms with E-state index in [1.807, 2.05) is 31.2 Å². The Hall–Kier alpha value is -2.74. The predicted octanol–water partition coefficient (Wildman–Crippen LogP) is 2.56. The Morgan fingerprint density at radius 1 is 1.14 bits per heavy atom. The molecule has 2 rings (SSSR count). The Labute approximate surface area is 166 Å². The van der Waals surface area contributed by atoms with E-state index < -0.39 is 22.0 Å². The van der Waals surface area contributed by atoms with Gasteiger partial charge in [0.1, 0.15) is 17.5 Å². The maximum absolute atomic E-state index is 12.7. The molecule has 0 heterocycles. The van der Waals surface area contributed by atoms with Crippen LogP contribution in [0.1, 0.15) is 19.4 Å². The van der Waals surface area contributed by atoms with E-state index in [1.54, 1.807) is 31.2 Å². The zero-order chi connectivity index (χ0) is 20.7. The third-order valence-corrected chi connectivity index (χ3v) is 5.31. The van der Waals surface area contributed by atoms with Crippen LogP contribution in [0.3, 0.4) is 0 Å². The van der Waals surface area contributed by atoms with Gasteiger partial charge in [0.05, 0.1) is 25.7 Å². The van der Waals surface area contributed by atoms with Gasteiger partial charge in [-0.15, -0.1) is 0 Å². The van der Waals surface area contributed by atoms with Crippen LogP contribution in [0.15, 0.2) is 48.5 Å². The first-order chi connectivity index (χ1) is 13.3. The van der Waals surface area contributed by atoms with Crippen molar-refractivity contribution in [1.82, 2.24) is 5.32 Å². The molecule has 0 saturated heterocycles. The zero-order valence-electron chi connectivity index (χ0n) is 16.5. The van der Waals surface area contributed by atoms with Crippen molar-refractivity contribution in [3.8, 4) is 11.5 Å². The smallest absolute Gasteiger partial charge is 0.243 e. The summed E-state index contributed by atoms with van der Waals surface area (Å²) in [6.07, 6.45) is 1.07. The summed E-state index contributed by atoms with van der Waals surface area (Å²) in [6, 6.07) is 13.0. The molecule has 152 valence electrons. The number of carbonyl (C=O) groups is 1. The minimum Gasteiger partial charge on any atom is -0.497 e. The number of anilines is 1. The second-order valence-electron chi connectivity index (χ2n) is 6.23. The van der Waals surface area contributed by atoms with Gasteiger partial charge in [0, 0.05) is 12.6 Å².